The van der Waals surface area contributed by atoms with Gasteiger partial charge < -0.3 is 14.2 Å². The van der Waals surface area contributed by atoms with Crippen molar-refractivity contribution >= 4 is 17.3 Å². The van der Waals surface area contributed by atoms with Gasteiger partial charge in [-0.15, -0.1) is 6.58 Å². The van der Waals surface area contributed by atoms with E-state index in [0.29, 0.717) is 22.3 Å². The van der Waals surface area contributed by atoms with Crippen molar-refractivity contribution in [3.8, 4) is 16.6 Å². The van der Waals surface area contributed by atoms with Gasteiger partial charge in [0, 0.05) is 0 Å². The Morgan fingerprint density at radius 2 is 1.76 bits per heavy atom. The van der Waals surface area contributed by atoms with Gasteiger partial charge in [0.1, 0.15) is 16.4 Å². The molecule has 0 aliphatic heterocycles. The highest BCUT2D eigenvalue weighted by Crippen LogP contribution is 2.26. The quantitative estimate of drug-likeness (QED) is 0.230. The number of hydrogen-bond donors (Lipinski definition) is 0. The molecule has 0 aliphatic rings. The number of rotatable bonds is 11. The summed E-state index contributed by atoms with van der Waals surface area (Å²) in [5.41, 5.74) is 0. The number of thiophene rings is 1. The zero-order chi connectivity index (χ0) is 17.9. The van der Waals surface area contributed by atoms with Crippen molar-refractivity contribution in [2.75, 3.05) is 13.7 Å². The number of unbranched alkanes of at least 4 members (excludes halogenated alkanes) is 4. The van der Waals surface area contributed by atoms with E-state index in [4.69, 9.17) is 14.2 Å². The highest BCUT2D eigenvalue weighted by atomic mass is 32.1. The van der Waals surface area contributed by atoms with Crippen LogP contribution in [0.3, 0.4) is 0 Å². The molecule has 0 bridgehead atoms. The summed E-state index contributed by atoms with van der Waals surface area (Å²) in [4.78, 5) is 12.6. The molecular formula is C20H24O4S. The number of esters is 1. The van der Waals surface area contributed by atoms with Crippen molar-refractivity contribution in [3.63, 3.8) is 0 Å². The summed E-state index contributed by atoms with van der Waals surface area (Å²) >= 11 is 1.26. The number of carbonyl (C=O) groups is 1. The van der Waals surface area contributed by atoms with Crippen LogP contribution in [0.5, 0.6) is 16.6 Å². The first-order valence-corrected chi connectivity index (χ1v) is 9.24. The van der Waals surface area contributed by atoms with Crippen LogP contribution >= 0.6 is 11.3 Å². The first-order chi connectivity index (χ1) is 12.2. The maximum absolute atomic E-state index is 12.0. The predicted octanol–water partition coefficient (Wildman–Crippen LogP) is 5.49. The number of methoxy groups -OCH3 is 1. The van der Waals surface area contributed by atoms with E-state index in [1.165, 1.54) is 24.2 Å². The summed E-state index contributed by atoms with van der Waals surface area (Å²) in [6, 6.07) is 10.5. The molecule has 0 saturated heterocycles. The van der Waals surface area contributed by atoms with E-state index >= 15 is 0 Å². The smallest absolute Gasteiger partial charge is 0.353 e. The van der Waals surface area contributed by atoms with Gasteiger partial charge >= 0.3 is 5.97 Å². The van der Waals surface area contributed by atoms with E-state index in [0.717, 1.165) is 25.0 Å². The van der Waals surface area contributed by atoms with Crippen LogP contribution in [0.4, 0.5) is 0 Å². The van der Waals surface area contributed by atoms with Crippen LogP contribution in [-0.2, 0) is 0 Å². The van der Waals surface area contributed by atoms with Gasteiger partial charge in [-0.1, -0.05) is 30.3 Å². The number of hydrogen-bond acceptors (Lipinski definition) is 5. The van der Waals surface area contributed by atoms with Crippen LogP contribution in [0.2, 0.25) is 0 Å². The zero-order valence-corrected chi connectivity index (χ0v) is 15.3. The van der Waals surface area contributed by atoms with Crippen molar-refractivity contribution in [1.29, 1.82) is 0 Å². The molecule has 4 nitrogen and oxygen atoms in total. The normalized spacial score (nSPS) is 10.3. The molecule has 0 N–H and O–H groups in total. The highest BCUT2D eigenvalue weighted by Gasteiger charge is 2.12. The Balaban J connectivity index is 1.72. The van der Waals surface area contributed by atoms with Crippen LogP contribution in [-0.4, -0.2) is 19.7 Å². The molecule has 0 unspecified atom stereocenters. The van der Waals surface area contributed by atoms with Gasteiger partial charge in [-0.25, -0.2) is 4.79 Å². The van der Waals surface area contributed by atoms with Crippen molar-refractivity contribution in [2.24, 2.45) is 0 Å². The Hall–Kier alpha value is -2.27. The molecular weight excluding hydrogens is 336 g/mol. The lowest BCUT2D eigenvalue weighted by Gasteiger charge is -2.07. The molecule has 0 aliphatic carbocycles. The predicted molar refractivity (Wildman–Crippen MR) is 101 cm³/mol. The molecule has 0 fully saturated rings. The molecule has 5 heteroatoms. The lowest BCUT2D eigenvalue weighted by atomic mass is 10.1. The first kappa shape index (κ1) is 19.1. The van der Waals surface area contributed by atoms with E-state index in [2.05, 4.69) is 6.58 Å². The Morgan fingerprint density at radius 1 is 1.04 bits per heavy atom. The van der Waals surface area contributed by atoms with Crippen molar-refractivity contribution in [2.45, 2.75) is 32.1 Å². The monoisotopic (exact) mass is 360 g/mol. The summed E-state index contributed by atoms with van der Waals surface area (Å²) < 4.78 is 16.1. The first-order valence-electron chi connectivity index (χ1n) is 8.42. The number of carbonyl (C=O) groups excluding carboxylic acids is 1. The standard InChI is InChI=1S/C20H24O4S/c1-3-4-5-6-7-8-15-23-16-9-11-17(12-10-16)24-20(21)18-13-14-19(22-2)25-18/h3,9-14H,1,4-8,15H2,2H3. The fourth-order valence-corrected chi connectivity index (χ4v) is 2.93. The maximum Gasteiger partial charge on any atom is 0.353 e. The second kappa shape index (κ2) is 10.6. The van der Waals surface area contributed by atoms with E-state index in [1.807, 2.05) is 18.2 Å². The van der Waals surface area contributed by atoms with Crippen molar-refractivity contribution < 1.29 is 19.0 Å². The SMILES string of the molecule is C=CCCCCCCOc1ccc(OC(=O)c2ccc(OC)s2)cc1. The zero-order valence-electron chi connectivity index (χ0n) is 14.5. The summed E-state index contributed by atoms with van der Waals surface area (Å²) in [5, 5.41) is 0.681. The van der Waals surface area contributed by atoms with Gasteiger partial charge in [-0.05, 0) is 55.7 Å². The van der Waals surface area contributed by atoms with Gasteiger partial charge in [-0.2, -0.15) is 0 Å². The fraction of sp³-hybridized carbons (Fsp3) is 0.350. The molecule has 0 saturated carbocycles. The second-order valence-electron chi connectivity index (χ2n) is 5.52. The Bertz CT molecular complexity index is 661. The lowest BCUT2D eigenvalue weighted by Crippen LogP contribution is -2.06. The average molecular weight is 360 g/mol. The summed E-state index contributed by atoms with van der Waals surface area (Å²) in [6.45, 7) is 4.42. The van der Waals surface area contributed by atoms with Crippen molar-refractivity contribution in [1.82, 2.24) is 0 Å². The van der Waals surface area contributed by atoms with Crippen LogP contribution in [0.15, 0.2) is 49.1 Å². The fourth-order valence-electron chi connectivity index (χ4n) is 2.24. The third-order valence-electron chi connectivity index (χ3n) is 3.59. The molecule has 2 rings (SSSR count). The maximum atomic E-state index is 12.0. The van der Waals surface area contributed by atoms with E-state index in [1.54, 1.807) is 31.4 Å². The lowest BCUT2D eigenvalue weighted by molar-refractivity contribution is 0.0739. The van der Waals surface area contributed by atoms with E-state index < -0.39 is 0 Å². The Morgan fingerprint density at radius 3 is 2.44 bits per heavy atom. The summed E-state index contributed by atoms with van der Waals surface area (Å²) in [5.74, 6) is 0.888. The summed E-state index contributed by atoms with van der Waals surface area (Å²) in [7, 11) is 1.57. The minimum Gasteiger partial charge on any atom is -0.494 e. The van der Waals surface area contributed by atoms with Crippen LogP contribution in [0.1, 0.15) is 41.8 Å². The number of allylic oxidation sites excluding steroid dienone is 1. The third-order valence-corrected chi connectivity index (χ3v) is 4.62. The average Bonchev–Trinajstić information content (AvgIpc) is 3.12. The topological polar surface area (TPSA) is 44.8 Å². The minimum absolute atomic E-state index is 0.388. The summed E-state index contributed by atoms with van der Waals surface area (Å²) in [6.07, 6.45) is 7.64. The number of ether oxygens (including phenoxy) is 3. The Labute approximate surface area is 153 Å². The molecule has 0 spiro atoms. The molecule has 134 valence electrons. The molecule has 0 atom stereocenters. The second-order valence-corrected chi connectivity index (χ2v) is 6.57. The molecule has 0 amide bonds. The number of benzene rings is 1. The van der Waals surface area contributed by atoms with Crippen LogP contribution in [0.25, 0.3) is 0 Å². The van der Waals surface area contributed by atoms with Gasteiger partial charge in [0.05, 0.1) is 13.7 Å². The molecule has 1 aromatic heterocycles. The molecule has 25 heavy (non-hydrogen) atoms. The van der Waals surface area contributed by atoms with E-state index in [9.17, 15) is 4.79 Å². The third kappa shape index (κ3) is 6.63. The van der Waals surface area contributed by atoms with Gasteiger partial charge in [0.25, 0.3) is 0 Å². The Kier molecular flexibility index (Phi) is 8.05. The minimum atomic E-state index is -0.388. The molecule has 1 heterocycles. The molecule has 1 aromatic carbocycles. The van der Waals surface area contributed by atoms with Crippen LogP contribution < -0.4 is 14.2 Å². The van der Waals surface area contributed by atoms with Crippen molar-refractivity contribution in [3.05, 3.63) is 53.9 Å². The molecule has 0 radical (unpaired) electrons. The van der Waals surface area contributed by atoms with Gasteiger partial charge in [-0.3, -0.25) is 0 Å². The highest BCUT2D eigenvalue weighted by molar-refractivity contribution is 7.15. The van der Waals surface area contributed by atoms with Gasteiger partial charge in [0.15, 0.2) is 5.06 Å². The molecule has 2 aromatic rings. The van der Waals surface area contributed by atoms with Gasteiger partial charge in [0.2, 0.25) is 0 Å². The largest absolute Gasteiger partial charge is 0.494 e. The van der Waals surface area contributed by atoms with E-state index in [-0.39, 0.29) is 5.97 Å². The van der Waals surface area contributed by atoms with Crippen LogP contribution in [0, 0.1) is 0 Å².